The first-order chi connectivity index (χ1) is 13.8. The highest BCUT2D eigenvalue weighted by Crippen LogP contribution is 2.37. The number of carbonyl (C=O) groups excluding carboxylic acids is 2. The number of nitrogens with one attached hydrogen (secondary N) is 2. The summed E-state index contributed by atoms with van der Waals surface area (Å²) in [5.74, 6) is 1.07. The zero-order valence-electron chi connectivity index (χ0n) is 16.9. The van der Waals surface area contributed by atoms with E-state index in [1.807, 2.05) is 26.8 Å². The van der Waals surface area contributed by atoms with E-state index in [1.54, 1.807) is 43.5 Å². The molecule has 0 aliphatic rings. The van der Waals surface area contributed by atoms with E-state index in [2.05, 4.69) is 26.6 Å². The topological polar surface area (TPSA) is 76.7 Å². The average molecular weight is 461 g/mol. The Kier molecular flexibility index (Phi) is 8.27. The number of ketones is 1. The van der Waals surface area contributed by atoms with Crippen LogP contribution in [-0.2, 0) is 0 Å². The van der Waals surface area contributed by atoms with Gasteiger partial charge in [-0.3, -0.25) is 4.79 Å². The third-order valence-electron chi connectivity index (χ3n) is 3.81. The van der Waals surface area contributed by atoms with Crippen LogP contribution in [0, 0.1) is 0 Å². The van der Waals surface area contributed by atoms with Crippen LogP contribution in [0.1, 0.15) is 36.7 Å². The Labute approximate surface area is 179 Å². The number of anilines is 1. The minimum absolute atomic E-state index is 0.0438. The number of hydrogen-bond acceptors (Lipinski definition) is 4. The molecule has 0 spiro atoms. The van der Waals surface area contributed by atoms with Crippen LogP contribution >= 0.6 is 15.9 Å². The Hall–Kier alpha value is -2.80. The van der Waals surface area contributed by atoms with Gasteiger partial charge in [-0.15, -0.1) is 0 Å². The molecule has 2 rings (SSSR count). The first-order valence-electron chi connectivity index (χ1n) is 9.24. The second-order valence-electron chi connectivity index (χ2n) is 6.50. The first kappa shape index (κ1) is 22.5. The molecule has 0 aliphatic heterocycles. The Bertz CT molecular complexity index is 892. The Morgan fingerprint density at radius 3 is 2.45 bits per heavy atom. The SMILES string of the molecule is CCOc1c(Br)cc(/C=C/C(=O)c2ccc(NC(=O)NC(C)C)cc2)cc1OC. The zero-order valence-corrected chi connectivity index (χ0v) is 18.5. The summed E-state index contributed by atoms with van der Waals surface area (Å²) in [4.78, 5) is 24.2. The molecule has 0 bridgehead atoms. The number of carbonyl (C=O) groups is 2. The van der Waals surface area contributed by atoms with Crippen molar-refractivity contribution < 1.29 is 19.1 Å². The van der Waals surface area contributed by atoms with E-state index in [1.165, 1.54) is 6.08 Å². The van der Waals surface area contributed by atoms with Gasteiger partial charge in [-0.05, 0) is 84.7 Å². The molecule has 6 nitrogen and oxygen atoms in total. The lowest BCUT2D eigenvalue weighted by Crippen LogP contribution is -2.34. The van der Waals surface area contributed by atoms with Crippen molar-refractivity contribution in [2.75, 3.05) is 19.0 Å². The van der Waals surface area contributed by atoms with Gasteiger partial charge in [0, 0.05) is 17.3 Å². The van der Waals surface area contributed by atoms with E-state index in [9.17, 15) is 9.59 Å². The quantitative estimate of drug-likeness (QED) is 0.414. The largest absolute Gasteiger partial charge is 0.493 e. The monoisotopic (exact) mass is 460 g/mol. The fourth-order valence-electron chi connectivity index (χ4n) is 2.54. The van der Waals surface area contributed by atoms with Crippen LogP contribution in [-0.4, -0.2) is 31.6 Å². The van der Waals surface area contributed by atoms with Gasteiger partial charge in [0.25, 0.3) is 0 Å². The molecule has 2 aromatic rings. The molecule has 2 N–H and O–H groups in total. The molecule has 2 aromatic carbocycles. The van der Waals surface area contributed by atoms with E-state index in [0.717, 1.165) is 10.0 Å². The van der Waals surface area contributed by atoms with Crippen molar-refractivity contribution in [3.63, 3.8) is 0 Å². The summed E-state index contributed by atoms with van der Waals surface area (Å²) in [5, 5.41) is 5.46. The molecule has 0 heterocycles. The number of amides is 2. The Morgan fingerprint density at radius 1 is 1.17 bits per heavy atom. The summed E-state index contributed by atoms with van der Waals surface area (Å²) in [6, 6.07) is 10.2. The summed E-state index contributed by atoms with van der Waals surface area (Å²) >= 11 is 3.47. The van der Waals surface area contributed by atoms with Crippen molar-refractivity contribution in [3.8, 4) is 11.5 Å². The van der Waals surface area contributed by atoms with Crippen molar-refractivity contribution in [1.29, 1.82) is 0 Å². The van der Waals surface area contributed by atoms with Gasteiger partial charge in [0.2, 0.25) is 0 Å². The number of benzene rings is 2. The molecule has 0 fully saturated rings. The summed E-state index contributed by atoms with van der Waals surface area (Å²) in [7, 11) is 1.57. The lowest BCUT2D eigenvalue weighted by atomic mass is 10.1. The van der Waals surface area contributed by atoms with E-state index in [-0.39, 0.29) is 17.9 Å². The molecule has 0 aliphatic carbocycles. The van der Waals surface area contributed by atoms with Crippen LogP contribution in [0.4, 0.5) is 10.5 Å². The molecule has 0 unspecified atom stereocenters. The number of methoxy groups -OCH3 is 1. The number of hydrogen-bond donors (Lipinski definition) is 2. The molecule has 0 saturated heterocycles. The van der Waals surface area contributed by atoms with Crippen molar-refractivity contribution >= 4 is 39.5 Å². The van der Waals surface area contributed by atoms with Crippen LogP contribution in [0.2, 0.25) is 0 Å². The summed E-state index contributed by atoms with van der Waals surface area (Å²) < 4.78 is 11.7. The third kappa shape index (κ3) is 6.64. The van der Waals surface area contributed by atoms with Crippen molar-refractivity contribution in [2.24, 2.45) is 0 Å². The molecule has 154 valence electrons. The maximum absolute atomic E-state index is 12.5. The second-order valence-corrected chi connectivity index (χ2v) is 7.35. The van der Waals surface area contributed by atoms with E-state index < -0.39 is 0 Å². The molecule has 0 radical (unpaired) electrons. The average Bonchev–Trinajstić information content (AvgIpc) is 2.67. The first-order valence-corrected chi connectivity index (χ1v) is 10.0. The molecule has 0 atom stereocenters. The smallest absolute Gasteiger partial charge is 0.319 e. The lowest BCUT2D eigenvalue weighted by Gasteiger charge is -2.12. The number of urea groups is 1. The van der Waals surface area contributed by atoms with Gasteiger partial charge in [-0.25, -0.2) is 4.79 Å². The summed E-state index contributed by atoms with van der Waals surface area (Å²) in [6.07, 6.45) is 3.21. The molecular weight excluding hydrogens is 436 g/mol. The predicted octanol–water partition coefficient (Wildman–Crippen LogP) is 5.28. The van der Waals surface area contributed by atoms with Gasteiger partial charge in [0.05, 0.1) is 18.2 Å². The molecular formula is C22H25BrN2O4. The van der Waals surface area contributed by atoms with Gasteiger partial charge < -0.3 is 20.1 Å². The molecule has 0 aromatic heterocycles. The fourth-order valence-corrected chi connectivity index (χ4v) is 3.11. The van der Waals surface area contributed by atoms with E-state index in [4.69, 9.17) is 9.47 Å². The van der Waals surface area contributed by atoms with Crippen molar-refractivity contribution in [2.45, 2.75) is 26.8 Å². The fraction of sp³-hybridized carbons (Fsp3) is 0.273. The number of ether oxygens (including phenoxy) is 2. The second kappa shape index (κ2) is 10.7. The minimum atomic E-state index is -0.283. The maximum Gasteiger partial charge on any atom is 0.319 e. The number of allylic oxidation sites excluding steroid dienone is 1. The minimum Gasteiger partial charge on any atom is -0.493 e. The highest BCUT2D eigenvalue weighted by atomic mass is 79.9. The highest BCUT2D eigenvalue weighted by Gasteiger charge is 2.11. The third-order valence-corrected chi connectivity index (χ3v) is 4.40. The molecule has 2 amide bonds. The van der Waals surface area contributed by atoms with E-state index in [0.29, 0.717) is 29.4 Å². The number of halogens is 1. The normalized spacial score (nSPS) is 10.8. The Balaban J connectivity index is 2.09. The lowest BCUT2D eigenvalue weighted by molar-refractivity contribution is 0.104. The Morgan fingerprint density at radius 2 is 1.86 bits per heavy atom. The molecule has 29 heavy (non-hydrogen) atoms. The standard InChI is InChI=1S/C22H25BrN2O4/c1-5-29-21-18(23)12-15(13-20(21)28-4)6-11-19(26)16-7-9-17(10-8-16)25-22(27)24-14(2)3/h6-14H,5H2,1-4H3,(H2,24,25,27)/b11-6+. The van der Waals surface area contributed by atoms with Crippen molar-refractivity contribution in [1.82, 2.24) is 5.32 Å². The van der Waals surface area contributed by atoms with Gasteiger partial charge in [0.1, 0.15) is 0 Å². The van der Waals surface area contributed by atoms with Crippen LogP contribution < -0.4 is 20.1 Å². The maximum atomic E-state index is 12.5. The van der Waals surface area contributed by atoms with Crippen LogP contribution in [0.3, 0.4) is 0 Å². The zero-order chi connectivity index (χ0) is 21.4. The van der Waals surface area contributed by atoms with Gasteiger partial charge in [-0.2, -0.15) is 0 Å². The van der Waals surface area contributed by atoms with Gasteiger partial charge >= 0.3 is 6.03 Å². The summed E-state index contributed by atoms with van der Waals surface area (Å²) in [6.45, 7) is 6.18. The summed E-state index contributed by atoms with van der Waals surface area (Å²) in [5.41, 5.74) is 1.94. The van der Waals surface area contributed by atoms with E-state index >= 15 is 0 Å². The predicted molar refractivity (Wildman–Crippen MR) is 119 cm³/mol. The molecule has 0 saturated carbocycles. The number of rotatable bonds is 8. The highest BCUT2D eigenvalue weighted by molar-refractivity contribution is 9.10. The van der Waals surface area contributed by atoms with Gasteiger partial charge in [0.15, 0.2) is 17.3 Å². The van der Waals surface area contributed by atoms with Crippen LogP contribution in [0.15, 0.2) is 46.9 Å². The van der Waals surface area contributed by atoms with Crippen LogP contribution in [0.5, 0.6) is 11.5 Å². The van der Waals surface area contributed by atoms with Crippen molar-refractivity contribution in [3.05, 3.63) is 58.1 Å². The van der Waals surface area contributed by atoms with Gasteiger partial charge in [-0.1, -0.05) is 6.08 Å². The molecule has 7 heteroatoms. The van der Waals surface area contributed by atoms with Crippen LogP contribution in [0.25, 0.3) is 6.08 Å².